The number of ether oxygens (including phenoxy) is 1. The van der Waals surface area contributed by atoms with Crippen molar-refractivity contribution >= 4 is 27.8 Å². The molecule has 0 radical (unpaired) electrons. The van der Waals surface area contributed by atoms with Crippen LogP contribution in [0.2, 0.25) is 0 Å². The number of hydrogen-bond donors (Lipinski definition) is 2. The zero-order valence-electron chi connectivity index (χ0n) is 14.3. The number of aliphatic carboxylic acids is 1. The first-order valence-electron chi connectivity index (χ1n) is 8.26. The minimum Gasteiger partial charge on any atom is -0.478 e. The van der Waals surface area contributed by atoms with Gasteiger partial charge in [-0.1, -0.05) is 45.4 Å². The van der Waals surface area contributed by atoms with Gasteiger partial charge in [-0.05, 0) is 6.42 Å². The maximum atomic E-state index is 11.8. The highest BCUT2D eigenvalue weighted by atomic mass is 32.2. The SMILES string of the molecule is CCCCCCCCCC(=O)CC(OC(=O)/C=C\C(=O)O)S(=O)(=O)O. The summed E-state index contributed by atoms with van der Waals surface area (Å²) in [5.41, 5.74) is -2.03. The Morgan fingerprint density at radius 1 is 1.00 bits per heavy atom. The van der Waals surface area contributed by atoms with E-state index in [0.29, 0.717) is 18.6 Å². The molecule has 0 amide bonds. The largest absolute Gasteiger partial charge is 0.478 e. The van der Waals surface area contributed by atoms with E-state index in [-0.39, 0.29) is 6.42 Å². The highest BCUT2D eigenvalue weighted by Crippen LogP contribution is 2.13. The lowest BCUT2D eigenvalue weighted by atomic mass is 10.1. The fraction of sp³-hybridized carbons (Fsp3) is 0.688. The van der Waals surface area contributed by atoms with E-state index in [2.05, 4.69) is 11.7 Å². The van der Waals surface area contributed by atoms with Gasteiger partial charge in [0.25, 0.3) is 0 Å². The number of ketones is 1. The number of rotatable bonds is 14. The van der Waals surface area contributed by atoms with E-state index in [1.165, 1.54) is 6.42 Å². The molecule has 1 atom stereocenters. The van der Waals surface area contributed by atoms with Crippen molar-refractivity contribution in [2.75, 3.05) is 0 Å². The number of carboxylic acids is 1. The first-order valence-corrected chi connectivity index (χ1v) is 9.76. The summed E-state index contributed by atoms with van der Waals surface area (Å²) in [4.78, 5) is 33.4. The normalized spacial score (nSPS) is 12.9. The summed E-state index contributed by atoms with van der Waals surface area (Å²) in [6, 6.07) is 0. The molecule has 0 saturated heterocycles. The van der Waals surface area contributed by atoms with E-state index in [9.17, 15) is 22.8 Å². The predicted octanol–water partition coefficient (Wildman–Crippen LogP) is 2.48. The van der Waals surface area contributed by atoms with Crippen molar-refractivity contribution in [3.63, 3.8) is 0 Å². The van der Waals surface area contributed by atoms with Crippen LogP contribution in [0.5, 0.6) is 0 Å². The van der Waals surface area contributed by atoms with Crippen LogP contribution in [0.3, 0.4) is 0 Å². The summed E-state index contributed by atoms with van der Waals surface area (Å²) in [5.74, 6) is -3.14. The maximum absolute atomic E-state index is 11.8. The molecular weight excluding hydrogens is 352 g/mol. The van der Waals surface area contributed by atoms with Gasteiger partial charge in [-0.2, -0.15) is 8.42 Å². The average Bonchev–Trinajstić information content (AvgIpc) is 2.50. The van der Waals surface area contributed by atoms with Crippen molar-refractivity contribution in [2.45, 2.75) is 70.1 Å². The summed E-state index contributed by atoms with van der Waals surface area (Å²) >= 11 is 0. The van der Waals surface area contributed by atoms with Crippen LogP contribution in [0.4, 0.5) is 0 Å². The van der Waals surface area contributed by atoms with Crippen molar-refractivity contribution in [3.05, 3.63) is 12.2 Å². The van der Waals surface area contributed by atoms with Gasteiger partial charge in [0.2, 0.25) is 5.44 Å². The maximum Gasteiger partial charge on any atom is 0.332 e. The van der Waals surface area contributed by atoms with E-state index in [0.717, 1.165) is 32.1 Å². The molecule has 0 aliphatic carbocycles. The molecule has 25 heavy (non-hydrogen) atoms. The fourth-order valence-corrected chi connectivity index (χ4v) is 2.70. The van der Waals surface area contributed by atoms with E-state index in [1.54, 1.807) is 0 Å². The Hall–Kier alpha value is -1.74. The molecule has 1 unspecified atom stereocenters. The number of hydrogen-bond acceptors (Lipinski definition) is 6. The van der Waals surface area contributed by atoms with Crippen LogP contribution in [0, 0.1) is 0 Å². The summed E-state index contributed by atoms with van der Waals surface area (Å²) in [6.45, 7) is 2.12. The highest BCUT2D eigenvalue weighted by Gasteiger charge is 2.29. The first-order chi connectivity index (χ1) is 11.7. The van der Waals surface area contributed by atoms with Crippen molar-refractivity contribution in [1.82, 2.24) is 0 Å². The van der Waals surface area contributed by atoms with Crippen LogP contribution >= 0.6 is 0 Å². The molecule has 0 aromatic heterocycles. The molecule has 0 saturated carbocycles. The van der Waals surface area contributed by atoms with Crippen molar-refractivity contribution < 1.29 is 37.2 Å². The summed E-state index contributed by atoms with van der Waals surface area (Å²) < 4.78 is 35.9. The highest BCUT2D eigenvalue weighted by molar-refractivity contribution is 7.86. The lowest BCUT2D eigenvalue weighted by Gasteiger charge is -2.13. The monoisotopic (exact) mass is 378 g/mol. The molecule has 8 nitrogen and oxygen atoms in total. The Kier molecular flexibility index (Phi) is 11.7. The molecule has 0 spiro atoms. The van der Waals surface area contributed by atoms with Crippen LogP contribution in [0.1, 0.15) is 64.7 Å². The molecular formula is C16H26O8S. The van der Waals surface area contributed by atoms with Gasteiger partial charge < -0.3 is 9.84 Å². The van der Waals surface area contributed by atoms with Gasteiger partial charge in [0.05, 0.1) is 6.42 Å². The Bertz CT molecular complexity index is 565. The molecule has 9 heteroatoms. The third-order valence-electron chi connectivity index (χ3n) is 3.40. The van der Waals surface area contributed by atoms with Crippen LogP contribution in [0.15, 0.2) is 12.2 Å². The molecule has 0 heterocycles. The zero-order valence-corrected chi connectivity index (χ0v) is 15.2. The molecule has 144 valence electrons. The van der Waals surface area contributed by atoms with Gasteiger partial charge in [-0.3, -0.25) is 9.35 Å². The van der Waals surface area contributed by atoms with Gasteiger partial charge in [-0.15, -0.1) is 0 Å². The third-order valence-corrected chi connectivity index (χ3v) is 4.32. The second kappa shape index (κ2) is 12.6. The van der Waals surface area contributed by atoms with Gasteiger partial charge in [-0.25, -0.2) is 9.59 Å². The molecule has 0 rings (SSSR count). The Morgan fingerprint density at radius 3 is 2.08 bits per heavy atom. The van der Waals surface area contributed by atoms with Crippen LogP contribution < -0.4 is 0 Å². The standard InChI is InChI=1S/C16H26O8S/c1-2-3-4-5-6-7-8-9-13(17)12-16(25(21,22)23)24-15(20)11-10-14(18)19/h10-11,16H,2-9,12H2,1H3,(H,18,19)(H,21,22,23)/b11-10-. The molecule has 0 bridgehead atoms. The first kappa shape index (κ1) is 23.3. The lowest BCUT2D eigenvalue weighted by Crippen LogP contribution is -2.29. The minimum absolute atomic E-state index is 0.127. The van der Waals surface area contributed by atoms with Crippen molar-refractivity contribution in [3.8, 4) is 0 Å². The number of carbonyl (C=O) groups is 3. The second-order valence-electron chi connectivity index (χ2n) is 5.67. The predicted molar refractivity (Wildman–Crippen MR) is 90.4 cm³/mol. The fourth-order valence-electron chi connectivity index (χ4n) is 2.08. The Morgan fingerprint density at radius 2 is 1.56 bits per heavy atom. The zero-order chi connectivity index (χ0) is 19.3. The van der Waals surface area contributed by atoms with Gasteiger partial charge in [0, 0.05) is 18.6 Å². The summed E-state index contributed by atoms with van der Waals surface area (Å²) in [6.07, 6.45) is 7.41. The van der Waals surface area contributed by atoms with E-state index >= 15 is 0 Å². The molecule has 0 aliphatic heterocycles. The number of unbranched alkanes of at least 4 members (excludes halogenated alkanes) is 6. The molecule has 0 aromatic carbocycles. The third kappa shape index (κ3) is 13.2. The Labute approximate surface area is 148 Å². The van der Waals surface area contributed by atoms with Crippen LogP contribution in [-0.2, 0) is 29.2 Å². The van der Waals surface area contributed by atoms with Gasteiger partial charge in [0.15, 0.2) is 0 Å². The number of carbonyl (C=O) groups excluding carboxylic acids is 2. The molecule has 0 fully saturated rings. The lowest BCUT2D eigenvalue weighted by molar-refractivity contribution is -0.141. The van der Waals surface area contributed by atoms with E-state index < -0.39 is 39.7 Å². The second-order valence-corrected chi connectivity index (χ2v) is 7.22. The van der Waals surface area contributed by atoms with E-state index in [1.807, 2.05) is 0 Å². The topological polar surface area (TPSA) is 135 Å². The van der Waals surface area contributed by atoms with E-state index in [4.69, 9.17) is 9.66 Å². The summed E-state index contributed by atoms with van der Waals surface area (Å²) in [5, 5.41) is 8.37. The van der Waals surface area contributed by atoms with Crippen molar-refractivity contribution in [1.29, 1.82) is 0 Å². The molecule has 0 aromatic rings. The molecule has 2 N–H and O–H groups in total. The number of esters is 1. The number of Topliss-reactive ketones (excluding diaryl/α,β-unsaturated/α-hetero) is 1. The minimum atomic E-state index is -4.78. The van der Waals surface area contributed by atoms with Crippen LogP contribution in [-0.4, -0.2) is 41.2 Å². The quantitative estimate of drug-likeness (QED) is 0.204. The Balaban J connectivity index is 4.32. The summed E-state index contributed by atoms with van der Waals surface area (Å²) in [7, 11) is -4.78. The molecule has 0 aliphatic rings. The van der Waals surface area contributed by atoms with Gasteiger partial charge in [0.1, 0.15) is 5.78 Å². The van der Waals surface area contributed by atoms with Crippen molar-refractivity contribution in [2.24, 2.45) is 0 Å². The smallest absolute Gasteiger partial charge is 0.332 e. The number of carboxylic acid groups (broad SMARTS) is 1. The van der Waals surface area contributed by atoms with Crippen LogP contribution in [0.25, 0.3) is 0 Å². The average molecular weight is 378 g/mol. The van der Waals surface area contributed by atoms with Gasteiger partial charge >= 0.3 is 22.1 Å².